The molecule has 0 bridgehead atoms. The van der Waals surface area contributed by atoms with E-state index in [9.17, 15) is 14.4 Å². The first kappa shape index (κ1) is 13.2. The number of nitrogens with zero attached hydrogens (tertiary/aromatic N) is 1. The van der Waals surface area contributed by atoms with Gasteiger partial charge in [-0.2, -0.15) is 0 Å². The highest BCUT2D eigenvalue weighted by Gasteiger charge is 2.17. The van der Waals surface area contributed by atoms with E-state index >= 15 is 0 Å². The highest BCUT2D eigenvalue weighted by Crippen LogP contribution is 1.96. The normalized spacial score (nSPS) is 12.2. The first-order chi connectivity index (χ1) is 6.84. The summed E-state index contributed by atoms with van der Waals surface area (Å²) in [6, 6.07) is 0. The molecular weight excluding hydrogens is 202 g/mol. The van der Waals surface area contributed by atoms with Crippen LogP contribution in [0.15, 0.2) is 12.2 Å². The lowest BCUT2D eigenvalue weighted by molar-refractivity contribution is -0.154. The van der Waals surface area contributed by atoms with Crippen molar-refractivity contribution in [2.75, 3.05) is 14.1 Å². The second-order valence-corrected chi connectivity index (χ2v) is 2.98. The summed E-state index contributed by atoms with van der Waals surface area (Å²) in [6.45, 7) is 1.41. The Labute approximate surface area is 87.1 Å². The van der Waals surface area contributed by atoms with Gasteiger partial charge in [0.15, 0.2) is 6.10 Å². The maximum Gasteiger partial charge on any atom is 0.331 e. The molecule has 6 heteroatoms. The number of ether oxygens (including phenoxy) is 1. The van der Waals surface area contributed by atoms with E-state index in [4.69, 9.17) is 5.11 Å². The summed E-state index contributed by atoms with van der Waals surface area (Å²) in [6.07, 6.45) is 0.475. The van der Waals surface area contributed by atoms with Crippen LogP contribution in [-0.2, 0) is 19.1 Å². The second kappa shape index (κ2) is 5.79. The van der Waals surface area contributed by atoms with Crippen molar-refractivity contribution in [3.63, 3.8) is 0 Å². The fraction of sp³-hybridized carbons (Fsp3) is 0.444. The van der Waals surface area contributed by atoms with Crippen LogP contribution in [0.4, 0.5) is 0 Å². The van der Waals surface area contributed by atoms with Crippen LogP contribution in [0.5, 0.6) is 0 Å². The van der Waals surface area contributed by atoms with Crippen LogP contribution < -0.4 is 0 Å². The van der Waals surface area contributed by atoms with Gasteiger partial charge >= 0.3 is 11.9 Å². The highest BCUT2D eigenvalue weighted by atomic mass is 16.5. The molecule has 6 nitrogen and oxygen atoms in total. The zero-order valence-corrected chi connectivity index (χ0v) is 8.76. The molecule has 0 saturated heterocycles. The molecule has 0 radical (unpaired) electrons. The van der Waals surface area contributed by atoms with Crippen LogP contribution in [0.25, 0.3) is 0 Å². The topological polar surface area (TPSA) is 83.9 Å². The van der Waals surface area contributed by atoms with E-state index in [0.29, 0.717) is 6.08 Å². The van der Waals surface area contributed by atoms with Gasteiger partial charge < -0.3 is 14.7 Å². The molecular formula is C9H13NO5. The van der Waals surface area contributed by atoms with Gasteiger partial charge in [0, 0.05) is 26.2 Å². The van der Waals surface area contributed by atoms with E-state index in [0.717, 1.165) is 6.08 Å². The predicted octanol–water partition coefficient (Wildman–Crippen LogP) is -0.353. The fourth-order valence-electron chi connectivity index (χ4n) is 0.767. The average molecular weight is 215 g/mol. The number of likely N-dealkylation sites (N-methyl/N-ethyl adjacent to an activating group) is 1. The van der Waals surface area contributed by atoms with Crippen molar-refractivity contribution in [2.24, 2.45) is 0 Å². The molecule has 0 saturated carbocycles. The molecule has 0 rings (SSSR count). The van der Waals surface area contributed by atoms with Crippen molar-refractivity contribution in [1.82, 2.24) is 4.90 Å². The molecule has 0 aliphatic rings. The molecule has 1 N–H and O–H groups in total. The zero-order chi connectivity index (χ0) is 12.0. The van der Waals surface area contributed by atoms with E-state index in [1.165, 1.54) is 25.9 Å². The molecule has 0 fully saturated rings. The van der Waals surface area contributed by atoms with Gasteiger partial charge in [-0.3, -0.25) is 4.79 Å². The number of hydrogen-bond donors (Lipinski definition) is 1. The number of carbonyl (C=O) groups excluding carboxylic acids is 2. The maximum atomic E-state index is 11.2. The molecule has 15 heavy (non-hydrogen) atoms. The lowest BCUT2D eigenvalue weighted by atomic mass is 10.3. The minimum atomic E-state index is -1.25. The Morgan fingerprint density at radius 3 is 2.20 bits per heavy atom. The second-order valence-electron chi connectivity index (χ2n) is 2.98. The summed E-state index contributed by atoms with van der Waals surface area (Å²) in [5.74, 6) is -2.48. The Morgan fingerprint density at radius 1 is 1.27 bits per heavy atom. The third kappa shape index (κ3) is 5.45. The van der Waals surface area contributed by atoms with Crippen LogP contribution in [-0.4, -0.2) is 48.1 Å². The lowest BCUT2D eigenvalue weighted by Gasteiger charge is -2.16. The summed E-state index contributed by atoms with van der Waals surface area (Å²) in [5.41, 5.74) is 0. The lowest BCUT2D eigenvalue weighted by Crippen LogP contribution is -2.34. The van der Waals surface area contributed by atoms with Gasteiger partial charge in [-0.15, -0.1) is 0 Å². The molecule has 0 aliphatic heterocycles. The van der Waals surface area contributed by atoms with E-state index in [-0.39, 0.29) is 5.91 Å². The summed E-state index contributed by atoms with van der Waals surface area (Å²) >= 11 is 0. The zero-order valence-electron chi connectivity index (χ0n) is 8.76. The van der Waals surface area contributed by atoms with Gasteiger partial charge in [0.2, 0.25) is 0 Å². The summed E-state index contributed by atoms with van der Waals surface area (Å²) in [7, 11) is 3.06. The van der Waals surface area contributed by atoms with Crippen molar-refractivity contribution >= 4 is 17.8 Å². The number of rotatable bonds is 4. The average Bonchev–Trinajstić information content (AvgIpc) is 2.13. The Balaban J connectivity index is 4.19. The van der Waals surface area contributed by atoms with Gasteiger partial charge in [-0.1, -0.05) is 0 Å². The minimum Gasteiger partial charge on any atom is -0.478 e. The Kier molecular flexibility index (Phi) is 5.08. The summed E-state index contributed by atoms with van der Waals surface area (Å²) in [5, 5.41) is 8.22. The molecule has 1 atom stereocenters. The SMILES string of the molecule is CC(OC(=O)/C=C/C(=O)O)C(=O)N(C)C. The van der Waals surface area contributed by atoms with Crippen molar-refractivity contribution in [3.05, 3.63) is 12.2 Å². The van der Waals surface area contributed by atoms with Gasteiger partial charge in [0.1, 0.15) is 0 Å². The Bertz CT molecular complexity index is 295. The molecule has 0 heterocycles. The number of hydrogen-bond acceptors (Lipinski definition) is 4. The number of aliphatic carboxylic acids is 1. The van der Waals surface area contributed by atoms with Crippen LogP contribution in [0.2, 0.25) is 0 Å². The van der Waals surface area contributed by atoms with Gasteiger partial charge in [0.05, 0.1) is 0 Å². The number of carbonyl (C=O) groups is 3. The molecule has 84 valence electrons. The van der Waals surface area contributed by atoms with Crippen molar-refractivity contribution in [1.29, 1.82) is 0 Å². The smallest absolute Gasteiger partial charge is 0.331 e. The van der Waals surface area contributed by atoms with Crippen molar-refractivity contribution < 1.29 is 24.2 Å². The van der Waals surface area contributed by atoms with Crippen LogP contribution in [0.1, 0.15) is 6.92 Å². The quantitative estimate of drug-likeness (QED) is 0.511. The van der Waals surface area contributed by atoms with E-state index in [1.807, 2.05) is 0 Å². The van der Waals surface area contributed by atoms with Gasteiger partial charge in [0.25, 0.3) is 5.91 Å². The summed E-state index contributed by atoms with van der Waals surface area (Å²) in [4.78, 5) is 33.5. The molecule has 0 aromatic rings. The number of amides is 1. The van der Waals surface area contributed by atoms with Crippen molar-refractivity contribution in [3.8, 4) is 0 Å². The molecule has 0 aliphatic carbocycles. The van der Waals surface area contributed by atoms with Crippen LogP contribution in [0, 0.1) is 0 Å². The number of carboxylic acid groups (broad SMARTS) is 1. The fourth-order valence-corrected chi connectivity index (χ4v) is 0.767. The molecule has 1 unspecified atom stereocenters. The van der Waals surface area contributed by atoms with Crippen LogP contribution in [0.3, 0.4) is 0 Å². The third-order valence-corrected chi connectivity index (χ3v) is 1.44. The summed E-state index contributed by atoms with van der Waals surface area (Å²) < 4.78 is 4.64. The predicted molar refractivity (Wildman–Crippen MR) is 51.0 cm³/mol. The Morgan fingerprint density at radius 2 is 1.80 bits per heavy atom. The monoisotopic (exact) mass is 215 g/mol. The first-order valence-electron chi connectivity index (χ1n) is 4.17. The molecule has 0 aromatic carbocycles. The number of carboxylic acids is 1. The van der Waals surface area contributed by atoms with Crippen LogP contribution >= 0.6 is 0 Å². The minimum absolute atomic E-state index is 0.368. The first-order valence-corrected chi connectivity index (χ1v) is 4.17. The maximum absolute atomic E-state index is 11.2. The molecule has 0 aromatic heterocycles. The largest absolute Gasteiger partial charge is 0.478 e. The van der Waals surface area contributed by atoms with Gasteiger partial charge in [-0.05, 0) is 6.92 Å². The Hall–Kier alpha value is -1.85. The molecule has 1 amide bonds. The van der Waals surface area contributed by atoms with E-state index in [1.54, 1.807) is 0 Å². The third-order valence-electron chi connectivity index (χ3n) is 1.44. The van der Waals surface area contributed by atoms with E-state index in [2.05, 4.69) is 4.74 Å². The number of esters is 1. The standard InChI is InChI=1S/C9H13NO5/c1-6(9(14)10(2)3)15-8(13)5-4-7(11)12/h4-6H,1-3H3,(H,11,12)/b5-4+. The van der Waals surface area contributed by atoms with Crippen molar-refractivity contribution in [2.45, 2.75) is 13.0 Å². The van der Waals surface area contributed by atoms with Gasteiger partial charge in [-0.25, -0.2) is 9.59 Å². The highest BCUT2D eigenvalue weighted by molar-refractivity contribution is 5.92. The molecule has 0 spiro atoms. The van der Waals surface area contributed by atoms with E-state index < -0.39 is 18.0 Å².